The normalized spacial score (nSPS) is 10.3. The first-order valence-electron chi connectivity index (χ1n) is 3.06. The molecular formula is C7H9IN2. The molecule has 3 heteroatoms. The summed E-state index contributed by atoms with van der Waals surface area (Å²) < 4.78 is 2.07. The Bertz CT molecular complexity index is 186. The lowest BCUT2D eigenvalue weighted by Gasteiger charge is -2.04. The van der Waals surface area contributed by atoms with Crippen molar-refractivity contribution in [2.75, 3.05) is 7.05 Å². The molecule has 0 fully saturated rings. The Balaban J connectivity index is 2.59. The van der Waals surface area contributed by atoms with E-state index in [2.05, 4.69) is 31.0 Å². The molecule has 10 heavy (non-hydrogen) atoms. The minimum atomic E-state index is 0.904. The minimum absolute atomic E-state index is 0.904. The van der Waals surface area contributed by atoms with Crippen molar-refractivity contribution < 1.29 is 0 Å². The molecule has 0 aliphatic rings. The molecule has 0 bridgehead atoms. The number of nitrogens with zero attached hydrogens (tertiary/aromatic N) is 2. The maximum absolute atomic E-state index is 4.17. The Labute approximate surface area is 74.8 Å². The Hall–Kier alpha value is -0.160. The first-order valence-corrected chi connectivity index (χ1v) is 4.02. The van der Waals surface area contributed by atoms with Gasteiger partial charge in [-0.1, -0.05) is 6.07 Å². The topological polar surface area (TPSA) is 16.1 Å². The van der Waals surface area contributed by atoms with E-state index < -0.39 is 0 Å². The molecule has 1 aromatic rings. The Morgan fingerprint density at radius 2 is 2.40 bits per heavy atom. The van der Waals surface area contributed by atoms with Crippen LogP contribution in [0.4, 0.5) is 0 Å². The molecule has 1 heterocycles. The molecule has 0 radical (unpaired) electrons. The molecule has 0 aliphatic carbocycles. The first-order chi connectivity index (χ1) is 4.79. The third-order valence-corrected chi connectivity index (χ3v) is 1.45. The van der Waals surface area contributed by atoms with E-state index in [0.29, 0.717) is 0 Å². The molecule has 0 saturated heterocycles. The first kappa shape index (κ1) is 7.94. The molecule has 1 rings (SSSR count). The van der Waals surface area contributed by atoms with E-state index in [1.165, 1.54) is 0 Å². The van der Waals surface area contributed by atoms with Gasteiger partial charge in [-0.15, -0.1) is 0 Å². The minimum Gasteiger partial charge on any atom is -0.260 e. The number of pyridine rings is 1. The van der Waals surface area contributed by atoms with Crippen LogP contribution in [0.25, 0.3) is 0 Å². The second-order valence-electron chi connectivity index (χ2n) is 2.08. The Morgan fingerprint density at radius 3 is 2.90 bits per heavy atom. The van der Waals surface area contributed by atoms with Crippen LogP contribution in [0.3, 0.4) is 0 Å². The largest absolute Gasteiger partial charge is 0.260 e. The summed E-state index contributed by atoms with van der Waals surface area (Å²) in [4.78, 5) is 4.17. The van der Waals surface area contributed by atoms with E-state index in [1.807, 2.05) is 31.4 Å². The third-order valence-electron chi connectivity index (χ3n) is 1.11. The fourth-order valence-electron chi connectivity index (χ4n) is 0.715. The number of aromatic nitrogens is 1. The number of hydrogen-bond donors (Lipinski definition) is 0. The second-order valence-corrected chi connectivity index (χ2v) is 3.73. The van der Waals surface area contributed by atoms with E-state index in [4.69, 9.17) is 0 Å². The van der Waals surface area contributed by atoms with Crippen molar-refractivity contribution in [1.82, 2.24) is 8.10 Å². The lowest BCUT2D eigenvalue weighted by molar-refractivity contribution is 0.598. The van der Waals surface area contributed by atoms with Crippen molar-refractivity contribution in [1.29, 1.82) is 0 Å². The third kappa shape index (κ3) is 2.62. The fourth-order valence-corrected chi connectivity index (χ4v) is 1.06. The lowest BCUT2D eigenvalue weighted by Crippen LogP contribution is -2.04. The van der Waals surface area contributed by atoms with Gasteiger partial charge in [-0.05, 0) is 19.2 Å². The maximum atomic E-state index is 4.17. The average molecular weight is 248 g/mol. The molecule has 54 valence electrons. The highest BCUT2D eigenvalue weighted by atomic mass is 127. The van der Waals surface area contributed by atoms with Crippen molar-refractivity contribution >= 4 is 22.9 Å². The summed E-state index contributed by atoms with van der Waals surface area (Å²) in [6.45, 7) is 0.904. The van der Waals surface area contributed by atoms with Gasteiger partial charge in [0, 0.05) is 29.1 Å². The number of rotatable bonds is 2. The molecule has 0 aliphatic heterocycles. The molecular weight excluding hydrogens is 239 g/mol. The summed E-state index contributed by atoms with van der Waals surface area (Å²) in [5.74, 6) is 0. The van der Waals surface area contributed by atoms with Crippen LogP contribution in [0.1, 0.15) is 5.69 Å². The van der Waals surface area contributed by atoms with E-state index >= 15 is 0 Å². The van der Waals surface area contributed by atoms with Crippen LogP contribution >= 0.6 is 22.9 Å². The zero-order valence-corrected chi connectivity index (χ0v) is 7.95. The molecule has 0 aromatic carbocycles. The van der Waals surface area contributed by atoms with Gasteiger partial charge in [0.25, 0.3) is 0 Å². The van der Waals surface area contributed by atoms with Crippen LogP contribution in [0.5, 0.6) is 0 Å². The second kappa shape index (κ2) is 3.88. The molecule has 0 N–H and O–H groups in total. The highest BCUT2D eigenvalue weighted by molar-refractivity contribution is 14.1. The number of halogens is 1. The zero-order chi connectivity index (χ0) is 7.40. The average Bonchev–Trinajstić information content (AvgIpc) is 1.88. The van der Waals surface area contributed by atoms with Crippen LogP contribution in [0, 0.1) is 0 Å². The van der Waals surface area contributed by atoms with Gasteiger partial charge < -0.3 is 0 Å². The zero-order valence-electron chi connectivity index (χ0n) is 5.79. The summed E-state index contributed by atoms with van der Waals surface area (Å²) in [7, 11) is 2.02. The smallest absolute Gasteiger partial charge is 0.0552 e. The molecule has 1 aromatic heterocycles. The van der Waals surface area contributed by atoms with Crippen LogP contribution in [0.15, 0.2) is 24.4 Å². The lowest BCUT2D eigenvalue weighted by atomic mass is 10.3. The molecule has 0 unspecified atom stereocenters. The predicted molar refractivity (Wildman–Crippen MR) is 49.7 cm³/mol. The predicted octanol–water partition coefficient (Wildman–Crippen LogP) is 1.86. The van der Waals surface area contributed by atoms with E-state index in [1.54, 1.807) is 0 Å². The molecule has 2 nitrogen and oxygen atoms in total. The highest BCUT2D eigenvalue weighted by Crippen LogP contribution is 2.01. The number of hydrogen-bond acceptors (Lipinski definition) is 2. The SMILES string of the molecule is CN(I)Cc1ccccn1. The van der Waals surface area contributed by atoms with Crippen molar-refractivity contribution in [2.45, 2.75) is 6.54 Å². The van der Waals surface area contributed by atoms with Gasteiger partial charge in [-0.25, -0.2) is 3.11 Å². The van der Waals surface area contributed by atoms with Crippen molar-refractivity contribution in [3.05, 3.63) is 30.1 Å². The molecule has 0 saturated carbocycles. The van der Waals surface area contributed by atoms with Crippen LogP contribution in [0.2, 0.25) is 0 Å². The summed E-state index contributed by atoms with van der Waals surface area (Å²) in [5, 5.41) is 0. The van der Waals surface area contributed by atoms with Crippen molar-refractivity contribution in [2.24, 2.45) is 0 Å². The maximum Gasteiger partial charge on any atom is 0.0552 e. The molecule has 0 amide bonds. The van der Waals surface area contributed by atoms with Gasteiger partial charge in [0.1, 0.15) is 0 Å². The van der Waals surface area contributed by atoms with E-state index in [0.717, 1.165) is 12.2 Å². The highest BCUT2D eigenvalue weighted by Gasteiger charge is 1.93. The van der Waals surface area contributed by atoms with Crippen molar-refractivity contribution in [3.8, 4) is 0 Å². The van der Waals surface area contributed by atoms with E-state index in [-0.39, 0.29) is 0 Å². The van der Waals surface area contributed by atoms with Gasteiger partial charge in [-0.2, -0.15) is 0 Å². The quantitative estimate of drug-likeness (QED) is 0.586. The standard InChI is InChI=1S/C7H9IN2/c1-10(8)6-7-4-2-3-5-9-7/h2-5H,6H2,1H3. The van der Waals surface area contributed by atoms with Crippen molar-refractivity contribution in [3.63, 3.8) is 0 Å². The molecule has 0 atom stereocenters. The van der Waals surface area contributed by atoms with Crippen LogP contribution in [-0.2, 0) is 6.54 Å². The summed E-state index contributed by atoms with van der Waals surface area (Å²) in [5.41, 5.74) is 1.11. The van der Waals surface area contributed by atoms with Gasteiger partial charge in [0.15, 0.2) is 0 Å². The van der Waals surface area contributed by atoms with Crippen LogP contribution < -0.4 is 0 Å². The summed E-state index contributed by atoms with van der Waals surface area (Å²) >= 11 is 2.24. The molecule has 0 spiro atoms. The Kier molecular flexibility index (Phi) is 3.08. The van der Waals surface area contributed by atoms with E-state index in [9.17, 15) is 0 Å². The Morgan fingerprint density at radius 1 is 1.60 bits per heavy atom. The van der Waals surface area contributed by atoms with Gasteiger partial charge in [0.05, 0.1) is 12.2 Å². The van der Waals surface area contributed by atoms with Gasteiger partial charge >= 0.3 is 0 Å². The van der Waals surface area contributed by atoms with Gasteiger partial charge in [-0.3, -0.25) is 4.98 Å². The monoisotopic (exact) mass is 248 g/mol. The van der Waals surface area contributed by atoms with Gasteiger partial charge in [0.2, 0.25) is 0 Å². The summed E-state index contributed by atoms with van der Waals surface area (Å²) in [6, 6.07) is 5.95. The summed E-state index contributed by atoms with van der Waals surface area (Å²) in [6.07, 6.45) is 1.81. The van der Waals surface area contributed by atoms with Crippen LogP contribution in [-0.4, -0.2) is 15.1 Å². The fraction of sp³-hybridized carbons (Fsp3) is 0.286.